The van der Waals surface area contributed by atoms with E-state index >= 15 is 0 Å². The molecule has 2 aliphatic rings. The minimum absolute atomic E-state index is 0. The van der Waals surface area contributed by atoms with Gasteiger partial charge in [0.2, 0.25) is 0 Å². The zero-order valence-corrected chi connectivity index (χ0v) is 20.0. The van der Waals surface area contributed by atoms with Gasteiger partial charge in [0, 0.05) is 21.7 Å². The Kier molecular flexibility index (Phi) is 17.9. The van der Waals surface area contributed by atoms with Gasteiger partial charge in [-0.3, -0.25) is 6.08 Å². The first-order chi connectivity index (χ1) is 9.59. The Morgan fingerprint density at radius 3 is 1.75 bits per heavy atom. The second-order valence-electron chi connectivity index (χ2n) is 5.98. The molecule has 1 radical (unpaired) electrons. The number of hydrogen-bond acceptors (Lipinski definition) is 0. The van der Waals surface area contributed by atoms with Crippen molar-refractivity contribution in [3.8, 4) is 0 Å². The topological polar surface area (TPSA) is 0 Å². The van der Waals surface area contributed by atoms with Crippen molar-refractivity contribution < 1.29 is 21.7 Å². The van der Waals surface area contributed by atoms with Gasteiger partial charge in [0.1, 0.15) is 0 Å². The van der Waals surface area contributed by atoms with Gasteiger partial charge in [-0.05, 0) is 0 Å². The van der Waals surface area contributed by atoms with Crippen LogP contribution >= 0.6 is 37.2 Å². The van der Waals surface area contributed by atoms with Crippen LogP contribution in [0, 0.1) is 12.0 Å². The molecule has 1 aromatic rings. The predicted molar refractivity (Wildman–Crippen MR) is 112 cm³/mol. The molecule has 0 bridgehead atoms. The molecule has 0 saturated carbocycles. The third-order valence-corrected chi connectivity index (χ3v) is 7.69. The first kappa shape index (κ1) is 29.3. The van der Waals surface area contributed by atoms with Gasteiger partial charge in [-0.2, -0.15) is 11.1 Å². The van der Waals surface area contributed by atoms with Crippen molar-refractivity contribution >= 4 is 51.2 Å². The van der Waals surface area contributed by atoms with E-state index in [0.29, 0.717) is 5.92 Å². The quantitative estimate of drug-likeness (QED) is 0.363. The average Bonchev–Trinajstić information content (AvgIpc) is 3.07. The Balaban J connectivity index is -0.000000320. The fraction of sp³-hybridized carbons (Fsp3) is 0.474. The summed E-state index contributed by atoms with van der Waals surface area (Å²) >= 11 is 0. The number of halogens is 3. The molecule has 1 unspecified atom stereocenters. The molecular formula is C19H29Cl3SiTi-. The average molecular weight is 440 g/mol. The van der Waals surface area contributed by atoms with Crippen molar-refractivity contribution in [1.29, 1.82) is 0 Å². The summed E-state index contributed by atoms with van der Waals surface area (Å²) < 4.78 is 0. The van der Waals surface area contributed by atoms with E-state index in [1.807, 2.05) is 0 Å². The minimum Gasteiger partial charge on any atom is -0.266 e. The molecule has 0 N–H and O–H groups in total. The van der Waals surface area contributed by atoms with Crippen molar-refractivity contribution in [1.82, 2.24) is 0 Å². The van der Waals surface area contributed by atoms with Crippen LogP contribution in [0.15, 0.2) is 47.1 Å². The maximum Gasteiger partial charge on any atom is 0.0856 e. The van der Waals surface area contributed by atoms with Crippen LogP contribution in [0.4, 0.5) is 0 Å². The number of benzene rings is 1. The number of hydrogen-bond donors (Lipinski definition) is 0. The molecule has 0 spiro atoms. The normalized spacial score (nSPS) is 18.8. The molecule has 1 atom stereocenters. The number of rotatable bonds is 1. The Bertz CT molecular complexity index is 509. The van der Waals surface area contributed by atoms with Crippen LogP contribution in [0.5, 0.6) is 0 Å². The maximum atomic E-state index is 3.36. The second kappa shape index (κ2) is 14.6. The Labute approximate surface area is 183 Å². The molecule has 1 aliphatic heterocycles. The van der Waals surface area contributed by atoms with Crippen LogP contribution in [0.1, 0.15) is 40.5 Å². The summed E-state index contributed by atoms with van der Waals surface area (Å²) in [6.45, 7) is 8.67. The van der Waals surface area contributed by atoms with Gasteiger partial charge in [-0.15, -0.1) is 44.1 Å². The summed E-state index contributed by atoms with van der Waals surface area (Å²) in [4.78, 5) is 0. The third-order valence-electron chi connectivity index (χ3n) is 4.63. The molecule has 0 amide bonds. The summed E-state index contributed by atoms with van der Waals surface area (Å²) in [5.74, 6) is 0.560. The summed E-state index contributed by atoms with van der Waals surface area (Å²) in [6, 6.07) is 14.1. The first-order valence-electron chi connectivity index (χ1n) is 7.77. The summed E-state index contributed by atoms with van der Waals surface area (Å²) in [5, 5.41) is 1.65. The molecule has 1 aliphatic carbocycles. The Morgan fingerprint density at radius 1 is 0.917 bits per heavy atom. The van der Waals surface area contributed by atoms with Crippen LogP contribution in [-0.2, 0) is 21.7 Å². The zero-order valence-electron chi connectivity index (χ0n) is 15.0. The van der Waals surface area contributed by atoms with Gasteiger partial charge in [-0.25, -0.2) is 5.57 Å². The van der Waals surface area contributed by atoms with Gasteiger partial charge in [0.25, 0.3) is 0 Å². The van der Waals surface area contributed by atoms with Crippen LogP contribution in [0.3, 0.4) is 0 Å². The van der Waals surface area contributed by atoms with E-state index in [0.717, 1.165) is 0 Å². The van der Waals surface area contributed by atoms with E-state index in [9.17, 15) is 0 Å². The van der Waals surface area contributed by atoms with Gasteiger partial charge in [-0.1, -0.05) is 87.1 Å². The molecule has 1 saturated heterocycles. The number of allylic oxidation sites excluding steroid dienone is 4. The van der Waals surface area contributed by atoms with Gasteiger partial charge >= 0.3 is 0 Å². The van der Waals surface area contributed by atoms with Crippen molar-refractivity contribution in [2.24, 2.45) is 5.92 Å². The fourth-order valence-electron chi connectivity index (χ4n) is 2.93. The van der Waals surface area contributed by atoms with Gasteiger partial charge < -0.3 is 0 Å². The van der Waals surface area contributed by atoms with E-state index in [1.165, 1.54) is 41.6 Å². The molecule has 24 heavy (non-hydrogen) atoms. The zero-order chi connectivity index (χ0) is 14.5. The molecule has 1 aromatic carbocycles. The summed E-state index contributed by atoms with van der Waals surface area (Å²) in [5.41, 5.74) is 4.25. The van der Waals surface area contributed by atoms with Crippen molar-refractivity contribution in [2.75, 3.05) is 0 Å². The van der Waals surface area contributed by atoms with Crippen molar-refractivity contribution in [3.05, 3.63) is 53.1 Å². The largest absolute Gasteiger partial charge is 0.266 e. The Morgan fingerprint density at radius 2 is 1.42 bits per heavy atom. The molecule has 1 heterocycles. The molecule has 5 heteroatoms. The Hall–Kier alpha value is 0.501. The van der Waals surface area contributed by atoms with Crippen LogP contribution in [0.25, 0.3) is 0 Å². The molecule has 1 fully saturated rings. The van der Waals surface area contributed by atoms with E-state index in [-0.39, 0.29) is 67.7 Å². The molecule has 135 valence electrons. The molecule has 0 nitrogen and oxygen atoms in total. The van der Waals surface area contributed by atoms with Crippen molar-refractivity contribution in [2.45, 2.75) is 52.6 Å². The van der Waals surface area contributed by atoms with Crippen LogP contribution in [0.2, 0.25) is 12.1 Å². The SMILES string of the molecule is CC1=[C-]C(C)C(C)=C1C.Cl.Cl.Cl.[Ti].c1ccc([Si]2CCCC2)cc1. The van der Waals surface area contributed by atoms with Gasteiger partial charge in [0.05, 0.1) is 8.80 Å². The van der Waals surface area contributed by atoms with Gasteiger partial charge in [0.15, 0.2) is 0 Å². The van der Waals surface area contributed by atoms with Crippen molar-refractivity contribution in [3.63, 3.8) is 0 Å². The smallest absolute Gasteiger partial charge is 0.0856 e. The molecular weight excluding hydrogens is 411 g/mol. The minimum atomic E-state index is -0.0898. The van der Waals surface area contributed by atoms with E-state index in [1.54, 1.807) is 5.19 Å². The second-order valence-corrected chi connectivity index (χ2v) is 8.76. The summed E-state index contributed by atoms with van der Waals surface area (Å²) in [7, 11) is -0.0898. The fourth-order valence-corrected chi connectivity index (χ4v) is 5.77. The third kappa shape index (κ3) is 8.25. The standard InChI is InChI=1S/C10H13Si.C9H13.3ClH.Ti/c1-2-6-10(7-3-1)11-8-4-5-9-11;1-6-5-7(2)9(4)8(6)3;;;;/h1-3,6-7H,4-5,8-9H2;6H,1-4H3;3*1H;/q;-1;;;;. The van der Waals surface area contributed by atoms with E-state index in [4.69, 9.17) is 0 Å². The molecule has 0 aromatic heterocycles. The monoisotopic (exact) mass is 438 g/mol. The molecule has 3 rings (SSSR count). The van der Waals surface area contributed by atoms with Crippen LogP contribution < -0.4 is 5.19 Å². The van der Waals surface area contributed by atoms with E-state index in [2.05, 4.69) is 64.1 Å². The predicted octanol–water partition coefficient (Wildman–Crippen LogP) is 6.17. The maximum absolute atomic E-state index is 3.36. The summed E-state index contributed by atoms with van der Waals surface area (Å²) in [6.07, 6.45) is 6.31. The van der Waals surface area contributed by atoms with Crippen LogP contribution in [-0.4, -0.2) is 8.80 Å². The first-order valence-corrected chi connectivity index (χ1v) is 9.69. The van der Waals surface area contributed by atoms with E-state index < -0.39 is 0 Å².